The Morgan fingerprint density at radius 2 is 2.13 bits per heavy atom. The van der Waals surface area contributed by atoms with E-state index in [2.05, 4.69) is 5.32 Å². The third-order valence-electron chi connectivity index (χ3n) is 2.15. The van der Waals surface area contributed by atoms with E-state index in [9.17, 15) is 14.9 Å². The van der Waals surface area contributed by atoms with Crippen molar-refractivity contribution in [3.63, 3.8) is 0 Å². The lowest BCUT2D eigenvalue weighted by Crippen LogP contribution is -2.22. The smallest absolute Gasteiger partial charge is 0.296 e. The van der Waals surface area contributed by atoms with E-state index in [0.29, 0.717) is 5.69 Å². The highest BCUT2D eigenvalue weighted by Gasteiger charge is 2.10. The van der Waals surface area contributed by atoms with Crippen LogP contribution >= 0.6 is 0 Å². The van der Waals surface area contributed by atoms with Gasteiger partial charge in [0.05, 0.1) is 0 Å². The Kier molecular flexibility index (Phi) is 3.38. The molecular weight excluding hydrogens is 196 g/mol. The zero-order chi connectivity index (χ0) is 11.4. The molecule has 1 aromatic carbocycles. The van der Waals surface area contributed by atoms with Gasteiger partial charge in [-0.15, -0.1) is 0 Å². The molecule has 0 spiro atoms. The average molecular weight is 208 g/mol. The maximum absolute atomic E-state index is 11.1. The van der Waals surface area contributed by atoms with Gasteiger partial charge in [-0.05, 0) is 31.0 Å². The monoisotopic (exact) mass is 208 g/mol. The second-order valence-electron chi connectivity index (χ2n) is 3.29. The summed E-state index contributed by atoms with van der Waals surface area (Å²) in [5, 5.41) is 12.6. The summed E-state index contributed by atoms with van der Waals surface area (Å²) in [6.45, 7) is 3.07. The van der Waals surface area contributed by atoms with E-state index >= 15 is 0 Å². The van der Waals surface area contributed by atoms with E-state index in [1.54, 1.807) is 12.1 Å². The first-order valence-corrected chi connectivity index (χ1v) is 4.48. The number of nitro groups is 1. The summed E-state index contributed by atoms with van der Waals surface area (Å²) in [4.78, 5) is 20.6. The molecule has 0 saturated heterocycles. The fraction of sp³-hybridized carbons (Fsp3) is 0.300. The molecule has 5 nitrogen and oxygen atoms in total. The normalized spacial score (nSPS) is 9.73. The zero-order valence-corrected chi connectivity index (χ0v) is 8.61. The maximum Gasteiger partial charge on any atom is 0.296 e. The molecule has 15 heavy (non-hydrogen) atoms. The number of carbonyl (C=O) groups is 1. The minimum atomic E-state index is -0.701. The molecule has 80 valence electrons. The predicted molar refractivity (Wildman–Crippen MR) is 56.4 cm³/mol. The summed E-state index contributed by atoms with van der Waals surface area (Å²) >= 11 is 0. The number of amides is 1. The molecule has 0 saturated carbocycles. The third-order valence-corrected chi connectivity index (χ3v) is 2.15. The summed E-state index contributed by atoms with van der Waals surface area (Å²) < 4.78 is 0. The average Bonchev–Trinajstić information content (AvgIpc) is 2.11. The van der Waals surface area contributed by atoms with Crippen LogP contribution in [0.3, 0.4) is 0 Å². The molecule has 0 bridgehead atoms. The first kappa shape index (κ1) is 11.2. The predicted octanol–water partition coefficient (Wildman–Crippen LogP) is 1.52. The van der Waals surface area contributed by atoms with Crippen LogP contribution in [0.15, 0.2) is 18.2 Å². The number of benzene rings is 1. The van der Waals surface area contributed by atoms with E-state index in [4.69, 9.17) is 0 Å². The van der Waals surface area contributed by atoms with Crippen molar-refractivity contribution in [1.29, 1.82) is 0 Å². The molecule has 0 unspecified atom stereocenters. The van der Waals surface area contributed by atoms with Gasteiger partial charge in [-0.25, -0.2) is 0 Å². The summed E-state index contributed by atoms with van der Waals surface area (Å²) in [5.74, 6) is -0.603. The number of anilines is 1. The Morgan fingerprint density at radius 1 is 1.47 bits per heavy atom. The third kappa shape index (κ3) is 3.05. The van der Waals surface area contributed by atoms with Crippen molar-refractivity contribution >= 4 is 11.6 Å². The summed E-state index contributed by atoms with van der Waals surface area (Å²) in [6, 6.07) is 5.43. The Bertz CT molecular complexity index is 402. The largest absolute Gasteiger partial charge is 0.320 e. The van der Waals surface area contributed by atoms with Crippen LogP contribution in [-0.2, 0) is 4.79 Å². The Hall–Kier alpha value is -1.91. The van der Waals surface area contributed by atoms with Crippen molar-refractivity contribution in [2.24, 2.45) is 0 Å². The highest BCUT2D eigenvalue weighted by molar-refractivity contribution is 5.92. The summed E-state index contributed by atoms with van der Waals surface area (Å²) in [6.07, 6.45) is 0. The topological polar surface area (TPSA) is 72.2 Å². The molecule has 1 N–H and O–H groups in total. The zero-order valence-electron chi connectivity index (χ0n) is 8.61. The number of hydrogen-bond donors (Lipinski definition) is 1. The maximum atomic E-state index is 11.1. The summed E-state index contributed by atoms with van der Waals surface area (Å²) in [5.41, 5.74) is 2.59. The lowest BCUT2D eigenvalue weighted by molar-refractivity contribution is -0.467. The van der Waals surface area contributed by atoms with Crippen LogP contribution < -0.4 is 5.32 Å². The fourth-order valence-electron chi connectivity index (χ4n) is 1.19. The second-order valence-corrected chi connectivity index (χ2v) is 3.29. The van der Waals surface area contributed by atoms with E-state index in [0.717, 1.165) is 11.1 Å². The van der Waals surface area contributed by atoms with E-state index in [1.807, 2.05) is 19.9 Å². The fourth-order valence-corrected chi connectivity index (χ4v) is 1.19. The van der Waals surface area contributed by atoms with E-state index < -0.39 is 17.4 Å². The molecule has 0 aliphatic carbocycles. The first-order valence-electron chi connectivity index (χ1n) is 4.48. The van der Waals surface area contributed by atoms with Crippen LogP contribution in [-0.4, -0.2) is 17.4 Å². The molecule has 5 heteroatoms. The summed E-state index contributed by atoms with van der Waals surface area (Å²) in [7, 11) is 0. The molecule has 0 aliphatic heterocycles. The van der Waals surface area contributed by atoms with Crippen molar-refractivity contribution in [2.45, 2.75) is 13.8 Å². The molecule has 1 rings (SSSR count). The SMILES string of the molecule is Cc1cccc(NC(=O)C[N+](=O)[O-])c1C. The van der Waals surface area contributed by atoms with Gasteiger partial charge in [0.25, 0.3) is 12.5 Å². The number of carbonyl (C=O) groups excluding carboxylic acids is 1. The minimum Gasteiger partial charge on any atom is -0.320 e. The highest BCUT2D eigenvalue weighted by Crippen LogP contribution is 2.17. The van der Waals surface area contributed by atoms with Crippen LogP contribution in [0.1, 0.15) is 11.1 Å². The molecule has 1 aromatic rings. The lowest BCUT2D eigenvalue weighted by Gasteiger charge is -2.08. The van der Waals surface area contributed by atoms with Gasteiger partial charge in [0.15, 0.2) is 0 Å². The van der Waals surface area contributed by atoms with Gasteiger partial charge in [-0.3, -0.25) is 14.9 Å². The second kappa shape index (κ2) is 4.54. The van der Waals surface area contributed by atoms with Crippen molar-refractivity contribution in [1.82, 2.24) is 0 Å². The Morgan fingerprint density at radius 3 is 2.73 bits per heavy atom. The molecule has 0 fully saturated rings. The van der Waals surface area contributed by atoms with Gasteiger partial charge in [-0.1, -0.05) is 12.1 Å². The van der Waals surface area contributed by atoms with Gasteiger partial charge in [0, 0.05) is 10.6 Å². The van der Waals surface area contributed by atoms with Crippen molar-refractivity contribution in [2.75, 3.05) is 11.9 Å². The highest BCUT2D eigenvalue weighted by atomic mass is 16.6. The van der Waals surface area contributed by atoms with Crippen molar-refractivity contribution < 1.29 is 9.72 Å². The molecule has 1 amide bonds. The number of nitrogens with zero attached hydrogens (tertiary/aromatic N) is 1. The van der Waals surface area contributed by atoms with Crippen molar-refractivity contribution in [3.8, 4) is 0 Å². The van der Waals surface area contributed by atoms with Crippen LogP contribution in [0, 0.1) is 24.0 Å². The van der Waals surface area contributed by atoms with Crippen LogP contribution in [0.2, 0.25) is 0 Å². The lowest BCUT2D eigenvalue weighted by atomic mass is 10.1. The Labute approximate surface area is 87.3 Å². The number of nitrogens with one attached hydrogen (secondary N) is 1. The standard InChI is InChI=1S/C10H12N2O3/c1-7-4-3-5-9(8(7)2)11-10(13)6-12(14)15/h3-5H,6H2,1-2H3,(H,11,13). The molecule has 0 aliphatic rings. The number of aryl methyl sites for hydroxylation is 1. The van der Waals surface area contributed by atoms with Crippen LogP contribution in [0.25, 0.3) is 0 Å². The van der Waals surface area contributed by atoms with Crippen LogP contribution in [0.5, 0.6) is 0 Å². The van der Waals surface area contributed by atoms with Crippen LogP contribution in [0.4, 0.5) is 5.69 Å². The molecule has 0 heterocycles. The molecular formula is C10H12N2O3. The van der Waals surface area contributed by atoms with Gasteiger partial charge < -0.3 is 5.32 Å². The van der Waals surface area contributed by atoms with Gasteiger partial charge in [-0.2, -0.15) is 0 Å². The molecule has 0 atom stereocenters. The van der Waals surface area contributed by atoms with Gasteiger partial charge in [0.1, 0.15) is 0 Å². The molecule has 0 radical (unpaired) electrons. The quantitative estimate of drug-likeness (QED) is 0.604. The Balaban J connectivity index is 2.77. The van der Waals surface area contributed by atoms with E-state index in [1.165, 1.54) is 0 Å². The minimum absolute atomic E-state index is 0.603. The number of hydrogen-bond acceptors (Lipinski definition) is 3. The van der Waals surface area contributed by atoms with E-state index in [-0.39, 0.29) is 0 Å². The van der Waals surface area contributed by atoms with Gasteiger partial charge in [0.2, 0.25) is 0 Å². The molecule has 0 aromatic heterocycles. The van der Waals surface area contributed by atoms with Gasteiger partial charge >= 0.3 is 0 Å². The van der Waals surface area contributed by atoms with Crippen molar-refractivity contribution in [3.05, 3.63) is 39.4 Å². The first-order chi connectivity index (χ1) is 7.00. The number of rotatable bonds is 3.